The highest BCUT2D eigenvalue weighted by Crippen LogP contribution is 2.45. The summed E-state index contributed by atoms with van der Waals surface area (Å²) in [4.78, 5) is 0. The normalized spacial score (nSPS) is 16.6. The zero-order valence-electron chi connectivity index (χ0n) is 22.8. The topological polar surface area (TPSA) is 77.4 Å². The predicted octanol–water partition coefficient (Wildman–Crippen LogP) is 5.18. The van der Waals surface area contributed by atoms with Gasteiger partial charge in [0.25, 0.3) is 0 Å². The fourth-order valence-electron chi connectivity index (χ4n) is 4.84. The lowest BCUT2D eigenvalue weighted by Gasteiger charge is -2.38. The van der Waals surface area contributed by atoms with Gasteiger partial charge >= 0.3 is 0 Å². The summed E-state index contributed by atoms with van der Waals surface area (Å²) in [5, 5.41) is 20.2. The van der Waals surface area contributed by atoms with Crippen molar-refractivity contribution in [3.63, 3.8) is 0 Å². The molecule has 8 heteroatoms. The second-order valence-electron chi connectivity index (χ2n) is 9.76. The molecule has 1 aliphatic carbocycles. The first-order chi connectivity index (χ1) is 18.6. The first kappa shape index (κ1) is 31.1. The van der Waals surface area contributed by atoms with Crippen LogP contribution in [-0.4, -0.2) is 86.1 Å². The Hall–Kier alpha value is -1.42. The van der Waals surface area contributed by atoms with Gasteiger partial charge in [0.2, 0.25) is 0 Å². The first-order valence-corrected chi connectivity index (χ1v) is 16.3. The van der Waals surface area contributed by atoms with Crippen LogP contribution in [-0.2, 0) is 14.9 Å². The van der Waals surface area contributed by atoms with Crippen LogP contribution in [0.2, 0.25) is 0 Å². The maximum absolute atomic E-state index is 10.1. The Balaban J connectivity index is 1.57. The van der Waals surface area contributed by atoms with Gasteiger partial charge < -0.3 is 29.2 Å². The molecule has 1 aliphatic rings. The van der Waals surface area contributed by atoms with Crippen LogP contribution in [0.5, 0.6) is 11.5 Å². The Morgan fingerprint density at radius 2 is 1.08 bits per heavy atom. The number of benzene rings is 2. The molecule has 0 saturated heterocycles. The number of aliphatic hydroxyl groups excluding tert-OH is 2. The van der Waals surface area contributed by atoms with Crippen LogP contribution < -0.4 is 9.47 Å². The van der Waals surface area contributed by atoms with Crippen LogP contribution in [0.4, 0.5) is 0 Å². The standard InChI is InChI=1S/C30H44O6S2/c1-37-18-16-33-20-26(31)22-35-28-10-6-24(7-11-28)30(14-4-3-5-15-30)25-8-12-29(13-9-25)36-23-27(32)21-34-17-19-38-2/h6-13,26-27,31-32H,3-5,14-23H2,1-2H3. The van der Waals surface area contributed by atoms with Gasteiger partial charge in [0.15, 0.2) is 0 Å². The molecule has 0 aliphatic heterocycles. The van der Waals surface area contributed by atoms with Crippen molar-refractivity contribution in [3.05, 3.63) is 59.7 Å². The van der Waals surface area contributed by atoms with Gasteiger partial charge in [-0.25, -0.2) is 0 Å². The maximum Gasteiger partial charge on any atom is 0.119 e. The molecule has 1 fully saturated rings. The van der Waals surface area contributed by atoms with E-state index < -0.39 is 12.2 Å². The smallest absolute Gasteiger partial charge is 0.119 e. The molecule has 6 nitrogen and oxygen atoms in total. The minimum Gasteiger partial charge on any atom is -0.491 e. The highest BCUT2D eigenvalue weighted by Gasteiger charge is 2.35. The number of hydrogen-bond acceptors (Lipinski definition) is 8. The van der Waals surface area contributed by atoms with Crippen molar-refractivity contribution in [2.45, 2.75) is 49.7 Å². The molecule has 38 heavy (non-hydrogen) atoms. The van der Waals surface area contributed by atoms with E-state index in [0.29, 0.717) is 13.2 Å². The highest BCUT2D eigenvalue weighted by molar-refractivity contribution is 7.98. The Labute approximate surface area is 236 Å². The molecular weight excluding hydrogens is 520 g/mol. The van der Waals surface area contributed by atoms with Gasteiger partial charge in [-0.2, -0.15) is 23.5 Å². The molecule has 0 aromatic heterocycles. The molecule has 1 saturated carbocycles. The molecule has 0 radical (unpaired) electrons. The summed E-state index contributed by atoms with van der Waals surface area (Å²) in [6.45, 7) is 2.27. The van der Waals surface area contributed by atoms with E-state index in [1.54, 1.807) is 23.5 Å². The van der Waals surface area contributed by atoms with Gasteiger partial charge in [-0.15, -0.1) is 0 Å². The van der Waals surface area contributed by atoms with Gasteiger partial charge in [-0.05, 0) is 60.7 Å². The van der Waals surface area contributed by atoms with E-state index >= 15 is 0 Å². The van der Waals surface area contributed by atoms with Crippen LogP contribution in [0.15, 0.2) is 48.5 Å². The summed E-state index contributed by atoms with van der Waals surface area (Å²) >= 11 is 3.45. The maximum atomic E-state index is 10.1. The molecule has 2 aromatic rings. The Morgan fingerprint density at radius 1 is 0.658 bits per heavy atom. The van der Waals surface area contributed by atoms with Gasteiger partial charge in [0.1, 0.15) is 36.9 Å². The molecule has 2 aromatic carbocycles. The van der Waals surface area contributed by atoms with E-state index in [4.69, 9.17) is 18.9 Å². The largest absolute Gasteiger partial charge is 0.491 e. The van der Waals surface area contributed by atoms with Gasteiger partial charge in [-0.1, -0.05) is 43.5 Å². The Bertz CT molecular complexity index is 819. The van der Waals surface area contributed by atoms with Crippen LogP contribution in [0.3, 0.4) is 0 Å². The van der Waals surface area contributed by atoms with Gasteiger partial charge in [0, 0.05) is 16.9 Å². The minimum absolute atomic E-state index is 0.0371. The lowest BCUT2D eigenvalue weighted by atomic mass is 9.65. The van der Waals surface area contributed by atoms with E-state index in [1.807, 2.05) is 36.8 Å². The molecule has 3 rings (SSSR count). The second kappa shape index (κ2) is 17.3. The molecule has 0 amide bonds. The van der Waals surface area contributed by atoms with Crippen molar-refractivity contribution in [2.75, 3.05) is 63.7 Å². The van der Waals surface area contributed by atoms with Gasteiger partial charge in [-0.3, -0.25) is 0 Å². The van der Waals surface area contributed by atoms with E-state index in [2.05, 4.69) is 24.3 Å². The number of thioether (sulfide) groups is 2. The summed E-state index contributed by atoms with van der Waals surface area (Å²) in [7, 11) is 0. The second-order valence-corrected chi connectivity index (χ2v) is 11.7. The van der Waals surface area contributed by atoms with Crippen LogP contribution >= 0.6 is 23.5 Å². The summed E-state index contributed by atoms with van der Waals surface area (Å²) in [6.07, 6.45) is 8.64. The van der Waals surface area contributed by atoms with Crippen LogP contribution in [0.1, 0.15) is 43.2 Å². The van der Waals surface area contributed by atoms with Crippen molar-refractivity contribution in [2.24, 2.45) is 0 Å². The SMILES string of the molecule is CSCCOCC(O)COc1ccc(C2(c3ccc(OCC(O)COCCSC)cc3)CCCCC2)cc1. The lowest BCUT2D eigenvalue weighted by molar-refractivity contribution is 0.0173. The van der Waals surface area contributed by atoms with E-state index in [1.165, 1.54) is 30.4 Å². The van der Waals surface area contributed by atoms with Crippen LogP contribution in [0, 0.1) is 0 Å². The lowest BCUT2D eigenvalue weighted by Crippen LogP contribution is -2.30. The first-order valence-electron chi connectivity index (χ1n) is 13.5. The number of ether oxygens (including phenoxy) is 4. The fraction of sp³-hybridized carbons (Fsp3) is 0.600. The molecular formula is C30H44O6S2. The molecule has 0 spiro atoms. The molecule has 2 N–H and O–H groups in total. The highest BCUT2D eigenvalue weighted by atomic mass is 32.2. The molecule has 2 atom stereocenters. The molecule has 0 bridgehead atoms. The van der Waals surface area contributed by atoms with Crippen molar-refractivity contribution in [1.29, 1.82) is 0 Å². The summed E-state index contributed by atoms with van der Waals surface area (Å²) in [5.41, 5.74) is 2.54. The zero-order chi connectivity index (χ0) is 27.1. The van der Waals surface area contributed by atoms with Crippen molar-refractivity contribution in [1.82, 2.24) is 0 Å². The summed E-state index contributed by atoms with van der Waals surface area (Å²) < 4.78 is 22.6. The quantitative estimate of drug-likeness (QED) is 0.240. The number of rotatable bonds is 18. The summed E-state index contributed by atoms with van der Waals surface area (Å²) in [6, 6.07) is 16.7. The number of aliphatic hydroxyl groups is 2. The Morgan fingerprint density at radius 3 is 1.47 bits per heavy atom. The molecule has 0 heterocycles. The molecule has 212 valence electrons. The van der Waals surface area contributed by atoms with Crippen LogP contribution in [0.25, 0.3) is 0 Å². The van der Waals surface area contributed by atoms with Gasteiger partial charge in [0.05, 0.1) is 26.4 Å². The number of hydrogen-bond donors (Lipinski definition) is 2. The van der Waals surface area contributed by atoms with Crippen molar-refractivity contribution in [3.8, 4) is 11.5 Å². The van der Waals surface area contributed by atoms with E-state index in [0.717, 1.165) is 35.8 Å². The third-order valence-corrected chi connectivity index (χ3v) is 8.04. The fourth-order valence-corrected chi connectivity index (χ4v) is 5.41. The van der Waals surface area contributed by atoms with E-state index in [-0.39, 0.29) is 31.8 Å². The molecule has 2 unspecified atom stereocenters. The average molecular weight is 565 g/mol. The van der Waals surface area contributed by atoms with Crippen molar-refractivity contribution < 1.29 is 29.2 Å². The minimum atomic E-state index is -0.643. The third-order valence-electron chi connectivity index (χ3n) is 6.89. The average Bonchev–Trinajstić information content (AvgIpc) is 2.96. The Kier molecular flexibility index (Phi) is 14.2. The van der Waals surface area contributed by atoms with E-state index in [9.17, 15) is 10.2 Å². The predicted molar refractivity (Wildman–Crippen MR) is 158 cm³/mol. The third kappa shape index (κ3) is 9.96. The van der Waals surface area contributed by atoms with Crippen molar-refractivity contribution >= 4 is 23.5 Å². The monoisotopic (exact) mass is 564 g/mol. The summed E-state index contributed by atoms with van der Waals surface area (Å²) in [5.74, 6) is 3.35. The zero-order valence-corrected chi connectivity index (χ0v) is 24.4.